The summed E-state index contributed by atoms with van der Waals surface area (Å²) in [6.07, 6.45) is 2.22. The predicted molar refractivity (Wildman–Crippen MR) is 123 cm³/mol. The number of fused-ring (bicyclic) bond motifs is 3. The van der Waals surface area contributed by atoms with Crippen molar-refractivity contribution in [2.24, 2.45) is 11.3 Å². The highest BCUT2D eigenvalue weighted by Crippen LogP contribution is 2.52. The molecule has 0 aromatic heterocycles. The molecule has 1 amide bonds. The fraction of sp³-hybridized carbons (Fsp3) is 0.481. The monoisotopic (exact) mass is 463 g/mol. The van der Waals surface area contributed by atoms with Crippen molar-refractivity contribution in [1.82, 2.24) is 4.90 Å². The van der Waals surface area contributed by atoms with Gasteiger partial charge >= 0.3 is 12.1 Å². The van der Waals surface area contributed by atoms with E-state index in [0.29, 0.717) is 45.4 Å². The maximum absolute atomic E-state index is 13.1. The minimum Gasteiger partial charge on any atom is -0.481 e. The Bertz CT molecular complexity index is 1070. The summed E-state index contributed by atoms with van der Waals surface area (Å²) in [5, 5.41) is 9.97. The highest BCUT2D eigenvalue weighted by Gasteiger charge is 2.56. The first kappa shape index (κ1) is 21.6. The van der Waals surface area contributed by atoms with Gasteiger partial charge in [0.1, 0.15) is 6.61 Å². The van der Waals surface area contributed by atoms with Crippen molar-refractivity contribution in [3.8, 4) is 11.1 Å². The van der Waals surface area contributed by atoms with Gasteiger partial charge in [-0.2, -0.15) is 0 Å². The quantitative estimate of drug-likeness (QED) is 0.732. The van der Waals surface area contributed by atoms with Crippen LogP contribution in [0.3, 0.4) is 0 Å². The number of rotatable bonds is 3. The van der Waals surface area contributed by atoms with Crippen molar-refractivity contribution in [1.29, 1.82) is 0 Å². The number of ether oxygens (including phenoxy) is 3. The Morgan fingerprint density at radius 3 is 2.12 bits per heavy atom. The van der Waals surface area contributed by atoms with Crippen molar-refractivity contribution in [2.75, 3.05) is 32.9 Å². The lowest BCUT2D eigenvalue weighted by Gasteiger charge is -2.43. The molecule has 2 aliphatic carbocycles. The molecule has 0 bridgehead atoms. The third kappa shape index (κ3) is 3.41. The van der Waals surface area contributed by atoms with E-state index in [1.54, 1.807) is 4.90 Å². The molecule has 34 heavy (non-hydrogen) atoms. The van der Waals surface area contributed by atoms with Crippen LogP contribution in [-0.2, 0) is 19.0 Å². The second-order valence-corrected chi connectivity index (χ2v) is 10.0. The van der Waals surface area contributed by atoms with Gasteiger partial charge in [-0.3, -0.25) is 4.79 Å². The summed E-state index contributed by atoms with van der Waals surface area (Å²) in [7, 11) is 0. The van der Waals surface area contributed by atoms with Gasteiger partial charge in [-0.15, -0.1) is 0 Å². The maximum atomic E-state index is 13.1. The molecule has 2 aromatic rings. The van der Waals surface area contributed by atoms with Gasteiger partial charge in [0.25, 0.3) is 0 Å². The second kappa shape index (κ2) is 8.10. The van der Waals surface area contributed by atoms with Gasteiger partial charge in [-0.05, 0) is 35.1 Å². The van der Waals surface area contributed by atoms with E-state index in [9.17, 15) is 14.7 Å². The summed E-state index contributed by atoms with van der Waals surface area (Å²) < 4.78 is 17.5. The molecule has 6 rings (SSSR count). The maximum Gasteiger partial charge on any atom is 0.409 e. The first-order valence-electron chi connectivity index (χ1n) is 12.1. The summed E-state index contributed by atoms with van der Waals surface area (Å²) in [5.74, 6) is -2.04. The molecule has 3 fully saturated rings. The number of nitrogens with zero attached hydrogens (tertiary/aromatic N) is 1. The molecular weight excluding hydrogens is 434 g/mol. The summed E-state index contributed by atoms with van der Waals surface area (Å²) in [5.41, 5.74) is 4.21. The molecule has 2 saturated heterocycles. The molecule has 1 atom stereocenters. The molecule has 1 unspecified atom stereocenters. The average molecular weight is 464 g/mol. The van der Waals surface area contributed by atoms with Crippen LogP contribution < -0.4 is 0 Å². The van der Waals surface area contributed by atoms with Crippen LogP contribution in [0.1, 0.15) is 42.7 Å². The molecule has 1 saturated carbocycles. The largest absolute Gasteiger partial charge is 0.481 e. The first-order chi connectivity index (χ1) is 16.5. The predicted octanol–water partition coefficient (Wildman–Crippen LogP) is 4.26. The number of aliphatic carboxylic acids is 1. The van der Waals surface area contributed by atoms with Gasteiger partial charge in [0, 0.05) is 37.3 Å². The Balaban J connectivity index is 1.16. The number of hydrogen-bond acceptors (Lipinski definition) is 5. The number of carboxylic acids is 1. The lowest BCUT2D eigenvalue weighted by molar-refractivity contribution is -0.195. The molecule has 7 heteroatoms. The lowest BCUT2D eigenvalue weighted by Crippen LogP contribution is -2.45. The minimum absolute atomic E-state index is 0.0191. The summed E-state index contributed by atoms with van der Waals surface area (Å²) >= 11 is 0. The molecule has 178 valence electrons. The fourth-order valence-electron chi connectivity index (χ4n) is 6.55. The molecule has 0 radical (unpaired) electrons. The van der Waals surface area contributed by atoms with Gasteiger partial charge in [0.05, 0.1) is 19.1 Å². The van der Waals surface area contributed by atoms with Crippen molar-refractivity contribution >= 4 is 12.1 Å². The van der Waals surface area contributed by atoms with E-state index in [1.165, 1.54) is 11.1 Å². The van der Waals surface area contributed by atoms with Crippen molar-refractivity contribution < 1.29 is 28.9 Å². The molecule has 2 heterocycles. The molecule has 1 N–H and O–H groups in total. The number of benzene rings is 2. The third-order valence-corrected chi connectivity index (χ3v) is 8.36. The van der Waals surface area contributed by atoms with Gasteiger partial charge in [-0.25, -0.2) is 4.79 Å². The Morgan fingerprint density at radius 2 is 1.53 bits per heavy atom. The zero-order chi connectivity index (χ0) is 23.3. The Kier molecular flexibility index (Phi) is 5.15. The van der Waals surface area contributed by atoms with Crippen LogP contribution in [0.2, 0.25) is 0 Å². The van der Waals surface area contributed by atoms with Gasteiger partial charge < -0.3 is 24.2 Å². The van der Waals surface area contributed by atoms with Crippen LogP contribution in [0.4, 0.5) is 4.79 Å². The zero-order valence-corrected chi connectivity index (χ0v) is 19.1. The topological polar surface area (TPSA) is 85.3 Å². The van der Waals surface area contributed by atoms with Gasteiger partial charge in [0.2, 0.25) is 0 Å². The van der Waals surface area contributed by atoms with Gasteiger partial charge in [-0.1, -0.05) is 48.5 Å². The number of amides is 1. The smallest absolute Gasteiger partial charge is 0.409 e. The van der Waals surface area contributed by atoms with E-state index in [0.717, 1.165) is 11.1 Å². The third-order valence-electron chi connectivity index (χ3n) is 8.36. The highest BCUT2D eigenvalue weighted by atomic mass is 16.7. The van der Waals surface area contributed by atoms with Crippen molar-refractivity contribution in [3.05, 3.63) is 59.7 Å². The van der Waals surface area contributed by atoms with Crippen LogP contribution in [-0.4, -0.2) is 60.8 Å². The summed E-state index contributed by atoms with van der Waals surface area (Å²) in [6.45, 7) is 1.98. The fourth-order valence-corrected chi connectivity index (χ4v) is 6.55. The van der Waals surface area contributed by atoms with E-state index in [2.05, 4.69) is 24.3 Å². The van der Waals surface area contributed by atoms with Crippen LogP contribution >= 0.6 is 0 Å². The number of carbonyl (C=O) groups excluding carboxylic acids is 1. The number of carbonyl (C=O) groups is 2. The number of carboxylic acid groups (broad SMARTS) is 1. The summed E-state index contributed by atoms with van der Waals surface area (Å²) in [6, 6.07) is 16.4. The Labute approximate surface area is 198 Å². The zero-order valence-electron chi connectivity index (χ0n) is 19.1. The van der Waals surface area contributed by atoms with Crippen molar-refractivity contribution in [3.63, 3.8) is 0 Å². The molecular formula is C27H29NO6. The molecule has 2 aromatic carbocycles. The van der Waals surface area contributed by atoms with Gasteiger partial charge in [0.15, 0.2) is 5.79 Å². The standard InChI is InChI=1S/C27H29NO6/c29-24(30)23-15-28(17-26(23)9-11-27(12-10-26)33-13-14-34-27)25(31)32-16-22-20-7-3-1-5-18(20)19-6-2-4-8-21(19)22/h1-8,22-23H,9-17H2,(H,29,30). The lowest BCUT2D eigenvalue weighted by atomic mass is 9.66. The number of hydrogen-bond donors (Lipinski definition) is 1. The normalized spacial score (nSPS) is 24.4. The average Bonchev–Trinajstić information content (AvgIpc) is 3.55. The Morgan fingerprint density at radius 1 is 0.941 bits per heavy atom. The van der Waals surface area contributed by atoms with Crippen LogP contribution in [0, 0.1) is 11.3 Å². The molecule has 2 spiro atoms. The second-order valence-electron chi connectivity index (χ2n) is 10.0. The SMILES string of the molecule is O=C(O)C1CN(C(=O)OCC2c3ccccc3-c3ccccc32)CC12CCC1(CC2)OCCO1. The van der Waals surface area contributed by atoms with E-state index >= 15 is 0 Å². The van der Waals surface area contributed by atoms with Crippen LogP contribution in [0.25, 0.3) is 11.1 Å². The van der Waals surface area contributed by atoms with E-state index < -0.39 is 29.2 Å². The highest BCUT2D eigenvalue weighted by molar-refractivity contribution is 5.79. The van der Waals surface area contributed by atoms with Crippen molar-refractivity contribution in [2.45, 2.75) is 37.4 Å². The van der Waals surface area contributed by atoms with E-state index in [4.69, 9.17) is 14.2 Å². The Hall–Kier alpha value is -2.90. The molecule has 4 aliphatic rings. The van der Waals surface area contributed by atoms with Crippen LogP contribution in [0.5, 0.6) is 0 Å². The number of likely N-dealkylation sites (tertiary alicyclic amines) is 1. The minimum atomic E-state index is -0.849. The molecule has 7 nitrogen and oxygen atoms in total. The van der Waals surface area contributed by atoms with E-state index in [1.807, 2.05) is 24.3 Å². The summed E-state index contributed by atoms with van der Waals surface area (Å²) in [4.78, 5) is 26.9. The van der Waals surface area contributed by atoms with Crippen LogP contribution in [0.15, 0.2) is 48.5 Å². The van der Waals surface area contributed by atoms with E-state index in [-0.39, 0.29) is 19.1 Å². The first-order valence-corrected chi connectivity index (χ1v) is 12.1. The molecule has 2 aliphatic heterocycles.